The van der Waals surface area contributed by atoms with Crippen molar-refractivity contribution in [3.05, 3.63) is 168 Å². The Labute approximate surface area is 375 Å². The van der Waals surface area contributed by atoms with E-state index in [1.54, 1.807) is 4.90 Å². The molecule has 9 nitrogen and oxygen atoms in total. The fourth-order valence-corrected chi connectivity index (χ4v) is 12.8. The molecule has 0 radical (unpaired) electrons. The lowest BCUT2D eigenvalue weighted by molar-refractivity contribution is -0.133. The van der Waals surface area contributed by atoms with Gasteiger partial charge in [-0.25, -0.2) is 9.18 Å². The average Bonchev–Trinajstić information content (AvgIpc) is 3.30. The number of nitrogens with one attached hydrogen (secondary N) is 2. The summed E-state index contributed by atoms with van der Waals surface area (Å²) >= 11 is 0. The molecule has 3 N–H and O–H groups in total. The van der Waals surface area contributed by atoms with Gasteiger partial charge >= 0.3 is 6.09 Å². The van der Waals surface area contributed by atoms with Gasteiger partial charge in [-0.1, -0.05) is 186 Å². The highest BCUT2D eigenvalue weighted by molar-refractivity contribution is 6.99. The Kier molecular flexibility index (Phi) is 18.6. The van der Waals surface area contributed by atoms with Crippen LogP contribution in [0.25, 0.3) is 0 Å². The highest BCUT2D eigenvalue weighted by Crippen LogP contribution is 2.37. The molecule has 0 aromatic heterocycles. The van der Waals surface area contributed by atoms with Crippen molar-refractivity contribution in [3.8, 4) is 0 Å². The van der Waals surface area contributed by atoms with E-state index in [1.807, 2.05) is 127 Å². The van der Waals surface area contributed by atoms with Crippen LogP contribution in [0.5, 0.6) is 0 Å². The van der Waals surface area contributed by atoms with Gasteiger partial charge in [0.05, 0.1) is 12.6 Å². The number of aliphatic hydroxyl groups excluding tert-OH is 1. The van der Waals surface area contributed by atoms with Gasteiger partial charge in [0.1, 0.15) is 18.8 Å². The van der Waals surface area contributed by atoms with Gasteiger partial charge in [0.25, 0.3) is 8.32 Å². The number of hydrogen-bond acceptors (Lipinski definition) is 7. The molecule has 5 aromatic rings. The lowest BCUT2D eigenvalue weighted by Crippen LogP contribution is -2.67. The molecule has 0 saturated heterocycles. The number of methoxy groups -OCH3 is 1. The third kappa shape index (κ3) is 13.7. The van der Waals surface area contributed by atoms with Crippen molar-refractivity contribution in [2.75, 3.05) is 26.8 Å². The predicted octanol–water partition coefficient (Wildman–Crippen LogP) is 8.56. The summed E-state index contributed by atoms with van der Waals surface area (Å²) in [6, 6.07) is 47.6. The molecule has 0 bridgehead atoms. The number of ether oxygens (including phenoxy) is 2. The molecule has 0 aliphatic rings. The van der Waals surface area contributed by atoms with Crippen LogP contribution in [0.2, 0.25) is 5.04 Å². The summed E-state index contributed by atoms with van der Waals surface area (Å²) in [5.41, 5.74) is 2.53. The highest BCUT2D eigenvalue weighted by Gasteiger charge is 2.50. The van der Waals surface area contributed by atoms with Gasteiger partial charge in [-0.05, 0) is 57.3 Å². The molecule has 11 heteroatoms. The number of carbonyl (C=O) groups excluding carboxylic acids is 2. The van der Waals surface area contributed by atoms with E-state index in [2.05, 4.69) is 69.5 Å². The first-order chi connectivity index (χ1) is 30.3. The second kappa shape index (κ2) is 24.0. The molecule has 5 aromatic carbocycles. The Balaban J connectivity index is 1.43. The smallest absolute Gasteiger partial charge is 0.410 e. The summed E-state index contributed by atoms with van der Waals surface area (Å²) in [6.07, 6.45) is -2.44. The number of carbonyl (C=O) groups is 2. The van der Waals surface area contributed by atoms with Gasteiger partial charge in [0.2, 0.25) is 12.3 Å². The zero-order valence-electron chi connectivity index (χ0n) is 37.7. The molecule has 336 valence electrons. The van der Waals surface area contributed by atoms with Gasteiger partial charge in [0, 0.05) is 26.1 Å². The number of rotatable bonds is 23. The monoisotopic (exact) mass is 875 g/mol. The van der Waals surface area contributed by atoms with Crippen LogP contribution in [0.3, 0.4) is 0 Å². The fourth-order valence-electron chi connectivity index (χ4n) is 8.17. The minimum Gasteiger partial charge on any atom is -0.445 e. The Morgan fingerprint density at radius 3 is 1.70 bits per heavy atom. The Morgan fingerprint density at radius 2 is 1.22 bits per heavy atom. The molecule has 2 amide bonds. The van der Waals surface area contributed by atoms with E-state index in [-0.39, 0.29) is 43.6 Å². The molecule has 0 heterocycles. The Bertz CT molecular complexity index is 2000. The maximum absolute atomic E-state index is 16.4. The molecule has 0 spiro atoms. The molecule has 0 aliphatic heterocycles. The van der Waals surface area contributed by atoms with E-state index < -0.39 is 50.9 Å². The van der Waals surface area contributed by atoms with Crippen molar-refractivity contribution >= 4 is 30.7 Å². The molecule has 4 atom stereocenters. The van der Waals surface area contributed by atoms with Crippen LogP contribution in [0, 0.1) is 5.92 Å². The summed E-state index contributed by atoms with van der Waals surface area (Å²) in [7, 11) is -1.73. The van der Waals surface area contributed by atoms with E-state index >= 15 is 4.39 Å². The zero-order chi connectivity index (χ0) is 45.2. The van der Waals surface area contributed by atoms with Crippen LogP contribution in [-0.2, 0) is 25.3 Å². The topological polar surface area (TPSA) is 109 Å². The molecule has 63 heavy (non-hydrogen) atoms. The predicted molar refractivity (Wildman–Crippen MR) is 252 cm³/mol. The number of benzene rings is 5. The number of nitrogens with zero attached hydrogens (tertiary/aromatic N) is 1. The molecular weight excluding hydrogens is 810 g/mol. The first-order valence-corrected chi connectivity index (χ1v) is 24.0. The molecular formula is C52H66FN3O6Si. The summed E-state index contributed by atoms with van der Waals surface area (Å²) < 4.78 is 34.9. The number of aliphatic hydroxyl groups is 1. The van der Waals surface area contributed by atoms with E-state index in [0.717, 1.165) is 27.1 Å². The second-order valence-corrected chi connectivity index (χ2v) is 21.8. The molecule has 0 fully saturated rings. The molecule has 5 rings (SSSR count). The zero-order valence-corrected chi connectivity index (χ0v) is 38.7. The third-order valence-corrected chi connectivity index (χ3v) is 16.5. The van der Waals surface area contributed by atoms with Crippen LogP contribution in [-0.4, -0.2) is 81.8 Å². The third-order valence-electron chi connectivity index (χ3n) is 11.5. The summed E-state index contributed by atoms with van der Waals surface area (Å²) in [4.78, 5) is 30.1. The van der Waals surface area contributed by atoms with Crippen molar-refractivity contribution < 1.29 is 33.0 Å². The van der Waals surface area contributed by atoms with E-state index in [9.17, 15) is 14.7 Å². The standard InChI is InChI=1S/C52H66FN3O6Si/c1-39(2)34-35-56(51(59)61-37-40-22-12-7-13-23-40)44(38-62-63(52(3,4)5,45-28-18-10-19-29-45)46-30-20-11-21-31-46)33-32-43(53)36-54-49(57)48(55-50(58)60-6)47(41-24-14-8-15-25-41)42-26-16-9-17-27-42/h7-31,39,43-44,47-48,50,55,58H,32-38H2,1-6H3,(H,54,57). The van der Waals surface area contributed by atoms with E-state index in [1.165, 1.54) is 7.11 Å². The first-order valence-electron chi connectivity index (χ1n) is 22.0. The summed E-state index contributed by atoms with van der Waals surface area (Å²) in [5, 5.41) is 18.2. The Morgan fingerprint density at radius 1 is 0.730 bits per heavy atom. The lowest BCUT2D eigenvalue weighted by atomic mass is 9.84. The molecule has 0 aliphatic carbocycles. The molecule has 0 saturated carbocycles. The normalized spacial score (nSPS) is 13.9. The summed E-state index contributed by atoms with van der Waals surface area (Å²) in [6.45, 7) is 11.2. The lowest BCUT2D eigenvalue weighted by Gasteiger charge is -2.44. The van der Waals surface area contributed by atoms with Crippen LogP contribution < -0.4 is 21.0 Å². The second-order valence-electron chi connectivity index (χ2n) is 17.5. The number of hydrogen-bond donors (Lipinski definition) is 3. The minimum absolute atomic E-state index is 0.0266. The van der Waals surface area contributed by atoms with Crippen LogP contribution in [0.1, 0.15) is 76.5 Å². The average molecular weight is 876 g/mol. The van der Waals surface area contributed by atoms with Crippen molar-refractivity contribution in [1.29, 1.82) is 0 Å². The number of halogens is 1. The Hall–Kier alpha value is -5.17. The van der Waals surface area contributed by atoms with Crippen LogP contribution >= 0.6 is 0 Å². The van der Waals surface area contributed by atoms with Crippen molar-refractivity contribution in [1.82, 2.24) is 15.5 Å². The van der Waals surface area contributed by atoms with E-state index in [0.29, 0.717) is 13.0 Å². The molecule has 4 unspecified atom stereocenters. The van der Waals surface area contributed by atoms with Gasteiger partial charge in [-0.2, -0.15) is 0 Å². The van der Waals surface area contributed by atoms with Crippen LogP contribution in [0.4, 0.5) is 9.18 Å². The van der Waals surface area contributed by atoms with Crippen molar-refractivity contribution in [2.24, 2.45) is 5.92 Å². The van der Waals surface area contributed by atoms with Gasteiger partial charge < -0.3 is 29.2 Å². The largest absolute Gasteiger partial charge is 0.445 e. The van der Waals surface area contributed by atoms with E-state index in [4.69, 9.17) is 13.9 Å². The highest BCUT2D eigenvalue weighted by atomic mass is 28.4. The number of amides is 2. The van der Waals surface area contributed by atoms with Gasteiger partial charge in [0.15, 0.2) is 0 Å². The maximum Gasteiger partial charge on any atom is 0.410 e. The van der Waals surface area contributed by atoms with Crippen molar-refractivity contribution in [3.63, 3.8) is 0 Å². The summed E-state index contributed by atoms with van der Waals surface area (Å²) in [5.74, 6) is -0.749. The minimum atomic E-state index is -3.06. The maximum atomic E-state index is 16.4. The quantitative estimate of drug-likeness (QED) is 0.0446. The SMILES string of the molecule is COC(O)NC(C(=O)NCC(F)CCC(CO[Si](c1ccccc1)(c1ccccc1)C(C)(C)C)N(CCC(C)C)C(=O)OCc1ccccc1)C(c1ccccc1)c1ccccc1. The van der Waals surface area contributed by atoms with Crippen LogP contribution in [0.15, 0.2) is 152 Å². The van der Waals surface area contributed by atoms with Gasteiger partial charge in [-0.3, -0.25) is 10.1 Å². The number of alkyl halides is 1. The van der Waals surface area contributed by atoms with Crippen molar-refractivity contribution in [2.45, 2.75) is 96.1 Å². The fraction of sp³-hybridized carbons (Fsp3) is 0.385. The first kappa shape index (κ1) is 48.9. The van der Waals surface area contributed by atoms with Gasteiger partial charge in [-0.15, -0.1) is 0 Å².